The first-order valence-electron chi connectivity index (χ1n) is 10.8. The van der Waals surface area contributed by atoms with Gasteiger partial charge in [0.15, 0.2) is 0 Å². The molecular weight excluding hydrogens is 394 g/mol. The van der Waals surface area contributed by atoms with Gasteiger partial charge < -0.3 is 10.1 Å². The fourth-order valence-corrected chi connectivity index (χ4v) is 4.72. The molecule has 160 valence electrons. The van der Waals surface area contributed by atoms with Crippen molar-refractivity contribution in [2.75, 3.05) is 51.6 Å². The predicted octanol–water partition coefficient (Wildman–Crippen LogP) is 2.96. The van der Waals surface area contributed by atoms with Crippen molar-refractivity contribution in [2.24, 2.45) is 0 Å². The highest BCUT2D eigenvalue weighted by Crippen LogP contribution is 2.26. The number of nitrogens with one attached hydrogen (secondary N) is 1. The molecule has 0 saturated carbocycles. The van der Waals surface area contributed by atoms with Gasteiger partial charge >= 0.3 is 0 Å². The van der Waals surface area contributed by atoms with Gasteiger partial charge in [-0.1, -0.05) is 29.8 Å². The molecule has 0 atom stereocenters. The van der Waals surface area contributed by atoms with Crippen LogP contribution in [0, 0.1) is 6.92 Å². The molecule has 1 N–H and O–H groups in total. The van der Waals surface area contributed by atoms with Crippen LogP contribution >= 0.6 is 11.8 Å². The van der Waals surface area contributed by atoms with E-state index in [1.807, 2.05) is 0 Å². The Balaban J connectivity index is 1.11. The molecule has 1 saturated heterocycles. The Bertz CT molecular complexity index is 848. The van der Waals surface area contributed by atoms with Gasteiger partial charge in [0.25, 0.3) is 0 Å². The van der Waals surface area contributed by atoms with Crippen LogP contribution in [0.4, 0.5) is 0 Å². The van der Waals surface area contributed by atoms with Gasteiger partial charge in [0.05, 0.1) is 13.2 Å². The lowest BCUT2D eigenvalue weighted by Gasteiger charge is -2.34. The molecule has 30 heavy (non-hydrogen) atoms. The standard InChI is InChI=1S/C24H31N3O2S/c1-19-2-5-22(6-3-19)30-15-9-25-24(28)18-27-12-10-26(11-13-27)17-20-4-7-23-21(16-20)8-14-29-23/h2-7,16H,8-15,17-18H2,1H3,(H,25,28). The lowest BCUT2D eigenvalue weighted by atomic mass is 10.1. The Kier molecular flexibility index (Phi) is 7.31. The van der Waals surface area contributed by atoms with Crippen molar-refractivity contribution in [3.05, 3.63) is 59.2 Å². The molecule has 4 rings (SSSR count). The van der Waals surface area contributed by atoms with Crippen LogP contribution in [-0.4, -0.2) is 67.3 Å². The summed E-state index contributed by atoms with van der Waals surface area (Å²) >= 11 is 1.78. The molecule has 1 fully saturated rings. The van der Waals surface area contributed by atoms with E-state index < -0.39 is 0 Å². The van der Waals surface area contributed by atoms with Gasteiger partial charge in [0.1, 0.15) is 5.75 Å². The fraction of sp³-hybridized carbons (Fsp3) is 0.458. The monoisotopic (exact) mass is 425 g/mol. The molecule has 6 heteroatoms. The van der Waals surface area contributed by atoms with E-state index in [4.69, 9.17) is 4.74 Å². The second-order valence-electron chi connectivity index (χ2n) is 8.10. The summed E-state index contributed by atoms with van der Waals surface area (Å²) in [5.41, 5.74) is 3.97. The Morgan fingerprint density at radius 2 is 1.83 bits per heavy atom. The maximum atomic E-state index is 12.3. The SMILES string of the molecule is Cc1ccc(SCCNC(=O)CN2CCN(Cc3ccc4c(c3)CCO4)CC2)cc1. The van der Waals surface area contributed by atoms with Crippen molar-refractivity contribution < 1.29 is 9.53 Å². The first kappa shape index (κ1) is 21.2. The molecule has 0 unspecified atom stereocenters. The molecule has 0 bridgehead atoms. The average Bonchev–Trinajstić information content (AvgIpc) is 3.22. The number of rotatable bonds is 8. The molecule has 2 aromatic rings. The van der Waals surface area contributed by atoms with E-state index in [-0.39, 0.29) is 5.91 Å². The fourth-order valence-electron chi connectivity index (χ4n) is 3.95. The number of fused-ring (bicyclic) bond motifs is 1. The number of hydrogen-bond donors (Lipinski definition) is 1. The maximum absolute atomic E-state index is 12.3. The minimum Gasteiger partial charge on any atom is -0.493 e. The van der Waals surface area contributed by atoms with E-state index in [0.29, 0.717) is 13.1 Å². The first-order valence-corrected chi connectivity index (χ1v) is 11.8. The molecule has 2 aliphatic heterocycles. The lowest BCUT2D eigenvalue weighted by molar-refractivity contribution is -0.122. The van der Waals surface area contributed by atoms with Crippen LogP contribution in [0.3, 0.4) is 0 Å². The number of aryl methyl sites for hydroxylation is 1. The van der Waals surface area contributed by atoms with Crippen molar-refractivity contribution in [1.29, 1.82) is 0 Å². The van der Waals surface area contributed by atoms with Crippen LogP contribution in [0.25, 0.3) is 0 Å². The molecule has 2 heterocycles. The number of hydrogen-bond acceptors (Lipinski definition) is 5. The Morgan fingerprint density at radius 3 is 2.63 bits per heavy atom. The number of ether oxygens (including phenoxy) is 1. The van der Waals surface area contributed by atoms with Crippen molar-refractivity contribution in [1.82, 2.24) is 15.1 Å². The van der Waals surface area contributed by atoms with Crippen LogP contribution in [0.2, 0.25) is 0 Å². The molecule has 0 spiro atoms. The second kappa shape index (κ2) is 10.3. The Morgan fingerprint density at radius 1 is 1.07 bits per heavy atom. The third-order valence-electron chi connectivity index (χ3n) is 5.71. The highest BCUT2D eigenvalue weighted by molar-refractivity contribution is 7.99. The predicted molar refractivity (Wildman–Crippen MR) is 122 cm³/mol. The van der Waals surface area contributed by atoms with Crippen molar-refractivity contribution >= 4 is 17.7 Å². The lowest BCUT2D eigenvalue weighted by Crippen LogP contribution is -2.49. The van der Waals surface area contributed by atoms with Crippen molar-refractivity contribution in [3.8, 4) is 5.75 Å². The van der Waals surface area contributed by atoms with Crippen LogP contribution < -0.4 is 10.1 Å². The van der Waals surface area contributed by atoms with Crippen LogP contribution in [0.5, 0.6) is 5.75 Å². The van der Waals surface area contributed by atoms with E-state index in [9.17, 15) is 4.79 Å². The molecule has 0 radical (unpaired) electrons. The summed E-state index contributed by atoms with van der Waals surface area (Å²) in [4.78, 5) is 18.2. The molecule has 5 nitrogen and oxygen atoms in total. The molecule has 2 aliphatic rings. The van der Waals surface area contributed by atoms with Gasteiger partial charge in [-0.15, -0.1) is 11.8 Å². The van der Waals surface area contributed by atoms with Gasteiger partial charge in [-0.2, -0.15) is 0 Å². The molecular formula is C24H31N3O2S. The third-order valence-corrected chi connectivity index (χ3v) is 6.72. The van der Waals surface area contributed by atoms with Crippen LogP contribution in [0.15, 0.2) is 47.4 Å². The third kappa shape index (κ3) is 6.00. The molecule has 1 amide bonds. The first-order chi connectivity index (χ1) is 14.7. The number of piperazine rings is 1. The summed E-state index contributed by atoms with van der Waals surface area (Å²) in [6.07, 6.45) is 1.02. The number of amides is 1. The number of carbonyl (C=O) groups excluding carboxylic acids is 1. The number of thioether (sulfide) groups is 1. The maximum Gasteiger partial charge on any atom is 0.234 e. The summed E-state index contributed by atoms with van der Waals surface area (Å²) < 4.78 is 5.60. The normalized spacial score (nSPS) is 16.8. The van der Waals surface area contributed by atoms with E-state index in [1.165, 1.54) is 21.6 Å². The molecule has 2 aromatic carbocycles. The summed E-state index contributed by atoms with van der Waals surface area (Å²) in [5, 5.41) is 3.06. The summed E-state index contributed by atoms with van der Waals surface area (Å²) in [6.45, 7) is 8.98. The summed E-state index contributed by atoms with van der Waals surface area (Å²) in [5.74, 6) is 2.08. The van der Waals surface area contributed by atoms with Crippen molar-refractivity contribution in [3.63, 3.8) is 0 Å². The van der Waals surface area contributed by atoms with Gasteiger partial charge in [-0.3, -0.25) is 14.6 Å². The van der Waals surface area contributed by atoms with Gasteiger partial charge in [0.2, 0.25) is 5.91 Å². The molecule has 0 aromatic heterocycles. The van der Waals surface area contributed by atoms with Crippen molar-refractivity contribution in [2.45, 2.75) is 24.8 Å². The summed E-state index contributed by atoms with van der Waals surface area (Å²) in [7, 11) is 0. The number of nitrogens with zero attached hydrogens (tertiary/aromatic N) is 2. The zero-order valence-electron chi connectivity index (χ0n) is 17.7. The van der Waals surface area contributed by atoms with E-state index in [2.05, 4.69) is 64.5 Å². The average molecular weight is 426 g/mol. The van der Waals surface area contributed by atoms with Gasteiger partial charge in [-0.05, 0) is 36.2 Å². The quantitative estimate of drug-likeness (QED) is 0.520. The highest BCUT2D eigenvalue weighted by atomic mass is 32.2. The van der Waals surface area contributed by atoms with E-state index in [1.54, 1.807) is 11.8 Å². The largest absolute Gasteiger partial charge is 0.493 e. The minimum absolute atomic E-state index is 0.131. The summed E-state index contributed by atoms with van der Waals surface area (Å²) in [6, 6.07) is 15.1. The van der Waals surface area contributed by atoms with E-state index in [0.717, 1.165) is 57.3 Å². The van der Waals surface area contributed by atoms with Gasteiger partial charge in [0, 0.05) is 56.3 Å². The number of carbonyl (C=O) groups is 1. The van der Waals surface area contributed by atoms with Crippen LogP contribution in [0.1, 0.15) is 16.7 Å². The Hall–Kier alpha value is -2.02. The minimum atomic E-state index is 0.131. The number of benzene rings is 2. The van der Waals surface area contributed by atoms with E-state index >= 15 is 0 Å². The topological polar surface area (TPSA) is 44.8 Å². The zero-order valence-corrected chi connectivity index (χ0v) is 18.5. The van der Waals surface area contributed by atoms with Crippen LogP contribution in [-0.2, 0) is 17.8 Å². The Labute approximate surface area is 183 Å². The smallest absolute Gasteiger partial charge is 0.234 e. The second-order valence-corrected chi connectivity index (χ2v) is 9.27. The zero-order chi connectivity index (χ0) is 20.8. The molecule has 0 aliphatic carbocycles. The van der Waals surface area contributed by atoms with Gasteiger partial charge in [-0.25, -0.2) is 0 Å². The highest BCUT2D eigenvalue weighted by Gasteiger charge is 2.20.